The second-order valence-electron chi connectivity index (χ2n) is 7.83. The molecule has 0 aliphatic carbocycles. The molecule has 0 saturated carbocycles. The Hall–Kier alpha value is -2.28. The van der Waals surface area contributed by atoms with Crippen molar-refractivity contribution in [3.63, 3.8) is 0 Å². The van der Waals surface area contributed by atoms with E-state index in [1.165, 1.54) is 0 Å². The molecular weight excluding hydrogens is 433 g/mol. The normalized spacial score (nSPS) is 14.8. The molecule has 1 fully saturated rings. The third kappa shape index (κ3) is 5.50. The number of pyridine rings is 1. The van der Waals surface area contributed by atoms with E-state index in [2.05, 4.69) is 20.2 Å². The average Bonchev–Trinajstić information content (AvgIpc) is 3.26. The van der Waals surface area contributed by atoms with Crippen molar-refractivity contribution in [3.05, 3.63) is 64.4 Å². The molecule has 1 aliphatic heterocycles. The van der Waals surface area contributed by atoms with Crippen LogP contribution in [0.5, 0.6) is 0 Å². The molecule has 164 valence electrons. The molecule has 1 N–H and O–H groups in total. The minimum absolute atomic E-state index is 0.0282. The summed E-state index contributed by atoms with van der Waals surface area (Å²) in [5.41, 5.74) is 2.62. The monoisotopic (exact) mass is 459 g/mol. The predicted octanol–water partition coefficient (Wildman–Crippen LogP) is 4.36. The minimum Gasteiger partial charge on any atom is -0.368 e. The molecule has 1 aliphatic rings. The van der Waals surface area contributed by atoms with Gasteiger partial charge in [-0.1, -0.05) is 35.7 Å². The molecule has 3 aromatic rings. The van der Waals surface area contributed by atoms with Crippen LogP contribution in [-0.4, -0.2) is 59.7 Å². The molecule has 6 nitrogen and oxygen atoms in total. The highest BCUT2D eigenvalue weighted by Crippen LogP contribution is 2.32. The first-order chi connectivity index (χ1) is 15.1. The fourth-order valence-corrected chi connectivity index (χ4v) is 4.37. The number of carbonyl (C=O) groups excluding carboxylic acids is 1. The van der Waals surface area contributed by atoms with E-state index in [9.17, 15) is 4.79 Å². The maximum absolute atomic E-state index is 12.3. The Morgan fingerprint density at radius 1 is 1.03 bits per heavy atom. The number of hydrogen-bond donors (Lipinski definition) is 1. The molecule has 0 atom stereocenters. The molecule has 31 heavy (non-hydrogen) atoms. The van der Waals surface area contributed by atoms with Crippen LogP contribution in [0.25, 0.3) is 5.52 Å². The van der Waals surface area contributed by atoms with E-state index in [-0.39, 0.29) is 5.91 Å². The summed E-state index contributed by atoms with van der Waals surface area (Å²) in [6.45, 7) is 5.75. The van der Waals surface area contributed by atoms with Gasteiger partial charge in [0.2, 0.25) is 0 Å². The number of fused-ring (bicyclic) bond motifs is 1. The maximum atomic E-state index is 12.3. The molecule has 0 spiro atoms. The molecule has 1 amide bonds. The van der Waals surface area contributed by atoms with E-state index < -0.39 is 0 Å². The summed E-state index contributed by atoms with van der Waals surface area (Å²) in [5.74, 6) is -0.0282. The van der Waals surface area contributed by atoms with Gasteiger partial charge in [-0.25, -0.2) is 4.52 Å². The summed E-state index contributed by atoms with van der Waals surface area (Å²) in [7, 11) is 0. The molecular formula is C23H27Cl2N5O. The van der Waals surface area contributed by atoms with Crippen molar-refractivity contribution in [2.24, 2.45) is 0 Å². The largest absolute Gasteiger partial charge is 0.368 e. The summed E-state index contributed by atoms with van der Waals surface area (Å²) in [5, 5.41) is 8.41. The van der Waals surface area contributed by atoms with E-state index in [0.717, 1.165) is 63.2 Å². The van der Waals surface area contributed by atoms with Gasteiger partial charge in [-0.3, -0.25) is 9.69 Å². The van der Waals surface area contributed by atoms with E-state index in [4.69, 9.17) is 23.2 Å². The molecule has 2 aromatic heterocycles. The zero-order valence-electron chi connectivity index (χ0n) is 17.4. The van der Waals surface area contributed by atoms with Gasteiger partial charge in [-0.2, -0.15) is 5.10 Å². The first-order valence-corrected chi connectivity index (χ1v) is 11.5. The van der Waals surface area contributed by atoms with E-state index in [1.807, 2.05) is 36.5 Å². The van der Waals surface area contributed by atoms with Crippen LogP contribution in [0.1, 0.15) is 29.6 Å². The summed E-state index contributed by atoms with van der Waals surface area (Å²) in [6, 6.07) is 11.4. The van der Waals surface area contributed by atoms with Crippen LogP contribution in [0.4, 0.5) is 5.69 Å². The van der Waals surface area contributed by atoms with Crippen molar-refractivity contribution < 1.29 is 4.79 Å². The minimum atomic E-state index is -0.0282. The quantitative estimate of drug-likeness (QED) is 0.508. The van der Waals surface area contributed by atoms with Gasteiger partial charge >= 0.3 is 0 Å². The highest BCUT2D eigenvalue weighted by molar-refractivity contribution is 6.43. The molecule has 1 saturated heterocycles. The summed E-state index contributed by atoms with van der Waals surface area (Å²) in [4.78, 5) is 17.1. The Kier molecular flexibility index (Phi) is 7.33. The highest BCUT2D eigenvalue weighted by atomic mass is 35.5. The van der Waals surface area contributed by atoms with Crippen molar-refractivity contribution in [3.8, 4) is 0 Å². The molecule has 0 unspecified atom stereocenters. The van der Waals surface area contributed by atoms with Gasteiger partial charge in [-0.05, 0) is 49.7 Å². The number of benzene rings is 1. The first-order valence-electron chi connectivity index (χ1n) is 10.7. The summed E-state index contributed by atoms with van der Waals surface area (Å²) < 4.78 is 1.75. The first kappa shape index (κ1) is 21.9. The predicted molar refractivity (Wildman–Crippen MR) is 126 cm³/mol. The van der Waals surface area contributed by atoms with Crippen LogP contribution in [0.3, 0.4) is 0 Å². The highest BCUT2D eigenvalue weighted by Gasteiger charge is 2.19. The Morgan fingerprint density at radius 2 is 1.87 bits per heavy atom. The lowest BCUT2D eigenvalue weighted by Gasteiger charge is -2.36. The van der Waals surface area contributed by atoms with Crippen molar-refractivity contribution in [1.82, 2.24) is 19.8 Å². The zero-order valence-corrected chi connectivity index (χ0v) is 18.9. The molecule has 8 heteroatoms. The second kappa shape index (κ2) is 10.4. The van der Waals surface area contributed by atoms with Crippen molar-refractivity contribution in [2.75, 3.05) is 44.2 Å². The van der Waals surface area contributed by atoms with Gasteiger partial charge in [0.15, 0.2) is 0 Å². The number of amides is 1. The third-order valence-electron chi connectivity index (χ3n) is 5.74. The molecule has 1 aromatic carbocycles. The number of halogens is 2. The van der Waals surface area contributed by atoms with Gasteiger partial charge in [0.25, 0.3) is 5.91 Å². The van der Waals surface area contributed by atoms with Crippen LogP contribution in [-0.2, 0) is 0 Å². The lowest BCUT2D eigenvalue weighted by atomic mass is 10.2. The van der Waals surface area contributed by atoms with Crippen molar-refractivity contribution >= 4 is 40.3 Å². The number of nitrogens with one attached hydrogen (secondary N) is 1. The number of rotatable bonds is 8. The fraction of sp³-hybridized carbons (Fsp3) is 0.391. The number of unbranched alkanes of at least 4 members (excludes halogenated alkanes) is 2. The number of hydrogen-bond acceptors (Lipinski definition) is 4. The Morgan fingerprint density at radius 3 is 2.71 bits per heavy atom. The standard InChI is InChI=1S/C23H27Cl2N5O/c24-20-5-4-6-21(22(20)25)29-15-13-28(14-16-29)11-3-1-2-9-26-23(31)18-8-12-30-19(17-18)7-10-27-30/h4-8,10,12,17H,1-3,9,11,13-16H2,(H,26,31). The lowest BCUT2D eigenvalue weighted by Crippen LogP contribution is -2.46. The van der Waals surface area contributed by atoms with Gasteiger partial charge in [0, 0.05) is 50.7 Å². The van der Waals surface area contributed by atoms with Crippen LogP contribution in [0.2, 0.25) is 10.0 Å². The van der Waals surface area contributed by atoms with Crippen molar-refractivity contribution in [1.29, 1.82) is 0 Å². The Bertz CT molecular complexity index is 1030. The molecule has 0 bridgehead atoms. The van der Waals surface area contributed by atoms with Gasteiger partial charge in [0.05, 0.1) is 21.2 Å². The fourth-order valence-electron chi connectivity index (χ4n) is 3.95. The SMILES string of the molecule is O=C(NCCCCCN1CCN(c2cccc(Cl)c2Cl)CC1)c1ccn2nccc2c1. The van der Waals surface area contributed by atoms with Gasteiger partial charge in [-0.15, -0.1) is 0 Å². The average molecular weight is 460 g/mol. The Labute approximate surface area is 192 Å². The van der Waals surface area contributed by atoms with Gasteiger partial charge < -0.3 is 10.2 Å². The number of anilines is 1. The van der Waals surface area contributed by atoms with E-state index in [1.54, 1.807) is 16.8 Å². The number of piperazine rings is 1. The number of nitrogens with zero attached hydrogens (tertiary/aromatic N) is 4. The number of carbonyl (C=O) groups is 1. The third-order valence-corrected chi connectivity index (χ3v) is 6.55. The molecule has 4 rings (SSSR count). The topological polar surface area (TPSA) is 52.9 Å². The van der Waals surface area contributed by atoms with Crippen LogP contribution >= 0.6 is 23.2 Å². The van der Waals surface area contributed by atoms with Crippen molar-refractivity contribution in [2.45, 2.75) is 19.3 Å². The lowest BCUT2D eigenvalue weighted by molar-refractivity contribution is 0.0953. The summed E-state index contributed by atoms with van der Waals surface area (Å²) >= 11 is 12.5. The number of aromatic nitrogens is 2. The smallest absolute Gasteiger partial charge is 0.251 e. The van der Waals surface area contributed by atoms with Gasteiger partial charge in [0.1, 0.15) is 0 Å². The van der Waals surface area contributed by atoms with Crippen LogP contribution in [0.15, 0.2) is 48.8 Å². The zero-order chi connectivity index (χ0) is 21.6. The maximum Gasteiger partial charge on any atom is 0.251 e. The van der Waals surface area contributed by atoms with E-state index >= 15 is 0 Å². The van der Waals surface area contributed by atoms with Crippen LogP contribution < -0.4 is 10.2 Å². The second-order valence-corrected chi connectivity index (χ2v) is 8.62. The molecule has 0 radical (unpaired) electrons. The van der Waals surface area contributed by atoms with Crippen LogP contribution in [0, 0.1) is 0 Å². The Balaban J connectivity index is 1.11. The summed E-state index contributed by atoms with van der Waals surface area (Å²) in [6.07, 6.45) is 6.75. The molecule has 3 heterocycles. The van der Waals surface area contributed by atoms with E-state index in [0.29, 0.717) is 22.2 Å².